The van der Waals surface area contributed by atoms with Crippen LogP contribution in [0.5, 0.6) is 0 Å². The highest BCUT2D eigenvalue weighted by Crippen LogP contribution is 2.11. The third-order valence-electron chi connectivity index (χ3n) is 2.71. The number of alkyl halides is 1. The highest BCUT2D eigenvalue weighted by Gasteiger charge is 2.11. The number of sulfone groups is 1. The lowest BCUT2D eigenvalue weighted by atomic mass is 10.2. The summed E-state index contributed by atoms with van der Waals surface area (Å²) >= 11 is 5.59. The average molecular weight is 329 g/mol. The summed E-state index contributed by atoms with van der Waals surface area (Å²) in [6.07, 6.45) is 1.11. The van der Waals surface area contributed by atoms with Crippen LogP contribution in [-0.2, 0) is 22.3 Å². The van der Waals surface area contributed by atoms with Crippen LogP contribution in [0.1, 0.15) is 21.8 Å². The van der Waals surface area contributed by atoms with Crippen molar-refractivity contribution in [2.75, 3.05) is 6.26 Å². The molecular weight excluding hydrogens is 316 g/mol. The van der Waals surface area contributed by atoms with Crippen LogP contribution in [0.15, 0.2) is 39.8 Å². The van der Waals surface area contributed by atoms with Crippen molar-refractivity contribution >= 4 is 27.3 Å². The molecule has 2 aromatic rings. The standard InChI is InChI=1S/C13H13ClN2O4S/c1-21(18,19)12-4-2-9(3-5-12)13(17)15-8-11-6-10(7-14)16-20-11/h2-6H,7-8H2,1H3,(H,15,17). The minimum atomic E-state index is -3.27. The molecule has 0 saturated carbocycles. The molecule has 1 aromatic heterocycles. The van der Waals surface area contributed by atoms with Gasteiger partial charge in [-0.05, 0) is 24.3 Å². The Morgan fingerprint density at radius 1 is 1.33 bits per heavy atom. The first-order valence-corrected chi connectivity index (χ1v) is 8.41. The van der Waals surface area contributed by atoms with Gasteiger partial charge in [0.1, 0.15) is 0 Å². The van der Waals surface area contributed by atoms with Gasteiger partial charge in [-0.2, -0.15) is 0 Å². The van der Waals surface area contributed by atoms with Crippen LogP contribution >= 0.6 is 11.6 Å². The normalized spacial score (nSPS) is 11.3. The number of halogens is 1. The Kier molecular flexibility index (Phi) is 4.64. The lowest BCUT2D eigenvalue weighted by Gasteiger charge is -2.04. The zero-order chi connectivity index (χ0) is 15.5. The number of nitrogens with one attached hydrogen (secondary N) is 1. The number of carbonyl (C=O) groups is 1. The highest BCUT2D eigenvalue weighted by molar-refractivity contribution is 7.90. The van der Waals surface area contributed by atoms with E-state index in [9.17, 15) is 13.2 Å². The molecule has 1 heterocycles. The number of aromatic nitrogens is 1. The molecule has 2 rings (SSSR count). The molecule has 1 amide bonds. The maximum atomic E-state index is 11.9. The predicted octanol–water partition coefficient (Wildman–Crippen LogP) is 1.75. The Balaban J connectivity index is 2.00. The number of benzene rings is 1. The fourth-order valence-corrected chi connectivity index (χ4v) is 2.38. The first-order valence-electron chi connectivity index (χ1n) is 5.99. The third kappa shape index (κ3) is 4.05. The van der Waals surface area contributed by atoms with Gasteiger partial charge in [0.05, 0.1) is 23.0 Å². The zero-order valence-corrected chi connectivity index (χ0v) is 12.7. The number of hydrogen-bond acceptors (Lipinski definition) is 5. The first kappa shape index (κ1) is 15.5. The van der Waals surface area contributed by atoms with Gasteiger partial charge in [-0.15, -0.1) is 11.6 Å². The van der Waals surface area contributed by atoms with Crippen LogP contribution in [0.2, 0.25) is 0 Å². The molecule has 0 fully saturated rings. The molecule has 1 aromatic carbocycles. The minimum absolute atomic E-state index is 0.168. The van der Waals surface area contributed by atoms with Crippen molar-refractivity contribution in [1.29, 1.82) is 0 Å². The SMILES string of the molecule is CS(=O)(=O)c1ccc(C(=O)NCc2cc(CCl)no2)cc1. The average Bonchev–Trinajstić information content (AvgIpc) is 2.92. The van der Waals surface area contributed by atoms with Crippen molar-refractivity contribution in [3.8, 4) is 0 Å². The Morgan fingerprint density at radius 2 is 2.00 bits per heavy atom. The van der Waals surface area contributed by atoms with Gasteiger partial charge in [0.2, 0.25) is 0 Å². The summed E-state index contributed by atoms with van der Waals surface area (Å²) in [7, 11) is -3.27. The molecule has 0 aliphatic heterocycles. The molecule has 0 unspecified atom stereocenters. The second-order valence-electron chi connectivity index (χ2n) is 4.40. The largest absolute Gasteiger partial charge is 0.359 e. The fraction of sp³-hybridized carbons (Fsp3) is 0.231. The summed E-state index contributed by atoms with van der Waals surface area (Å²) < 4.78 is 27.6. The number of rotatable bonds is 5. The molecule has 0 spiro atoms. The van der Waals surface area contributed by atoms with E-state index in [2.05, 4.69) is 10.5 Å². The molecule has 6 nitrogen and oxygen atoms in total. The van der Waals surface area contributed by atoms with Gasteiger partial charge in [-0.3, -0.25) is 4.79 Å². The second kappa shape index (κ2) is 6.28. The van der Waals surface area contributed by atoms with E-state index in [1.807, 2.05) is 0 Å². The predicted molar refractivity (Wildman–Crippen MR) is 76.8 cm³/mol. The number of amides is 1. The Morgan fingerprint density at radius 3 is 2.52 bits per heavy atom. The van der Waals surface area contributed by atoms with Crippen molar-refractivity contribution in [3.63, 3.8) is 0 Å². The molecule has 0 bridgehead atoms. The van der Waals surface area contributed by atoms with E-state index in [1.54, 1.807) is 6.07 Å². The van der Waals surface area contributed by atoms with Gasteiger partial charge in [0, 0.05) is 17.9 Å². The van der Waals surface area contributed by atoms with Crippen molar-refractivity contribution < 1.29 is 17.7 Å². The summed E-state index contributed by atoms with van der Waals surface area (Å²) in [5, 5.41) is 6.34. The van der Waals surface area contributed by atoms with E-state index in [0.29, 0.717) is 17.0 Å². The van der Waals surface area contributed by atoms with Crippen molar-refractivity contribution in [3.05, 3.63) is 47.3 Å². The van der Waals surface area contributed by atoms with E-state index in [0.717, 1.165) is 6.26 Å². The zero-order valence-electron chi connectivity index (χ0n) is 11.2. The maximum absolute atomic E-state index is 11.9. The molecule has 112 valence electrons. The van der Waals surface area contributed by atoms with Crippen LogP contribution in [0.3, 0.4) is 0 Å². The first-order chi connectivity index (χ1) is 9.90. The molecular formula is C13H13ClN2O4S. The van der Waals surface area contributed by atoms with Gasteiger partial charge in [0.25, 0.3) is 5.91 Å². The quantitative estimate of drug-likeness (QED) is 0.844. The van der Waals surface area contributed by atoms with E-state index in [-0.39, 0.29) is 23.2 Å². The van der Waals surface area contributed by atoms with Gasteiger partial charge < -0.3 is 9.84 Å². The molecule has 0 aliphatic carbocycles. The van der Waals surface area contributed by atoms with E-state index < -0.39 is 9.84 Å². The lowest BCUT2D eigenvalue weighted by molar-refractivity contribution is 0.0947. The van der Waals surface area contributed by atoms with Gasteiger partial charge in [0.15, 0.2) is 15.6 Å². The number of hydrogen-bond donors (Lipinski definition) is 1. The fourth-order valence-electron chi connectivity index (χ4n) is 1.63. The monoisotopic (exact) mass is 328 g/mol. The minimum Gasteiger partial charge on any atom is -0.359 e. The molecule has 0 aliphatic rings. The van der Waals surface area contributed by atoms with Crippen molar-refractivity contribution in [1.82, 2.24) is 10.5 Å². The number of nitrogens with zero attached hydrogens (tertiary/aromatic N) is 1. The van der Waals surface area contributed by atoms with E-state index >= 15 is 0 Å². The summed E-state index contributed by atoms with van der Waals surface area (Å²) in [5.74, 6) is 0.398. The highest BCUT2D eigenvalue weighted by atomic mass is 35.5. The second-order valence-corrected chi connectivity index (χ2v) is 6.68. The van der Waals surface area contributed by atoms with Crippen LogP contribution in [0.25, 0.3) is 0 Å². The molecule has 21 heavy (non-hydrogen) atoms. The van der Waals surface area contributed by atoms with Crippen molar-refractivity contribution in [2.24, 2.45) is 0 Å². The maximum Gasteiger partial charge on any atom is 0.251 e. The summed E-state index contributed by atoms with van der Waals surface area (Å²) in [5.41, 5.74) is 0.956. The Bertz CT molecular complexity index is 738. The molecule has 0 radical (unpaired) electrons. The van der Waals surface area contributed by atoms with Gasteiger partial charge in [-0.25, -0.2) is 8.42 Å². The van der Waals surface area contributed by atoms with Crippen molar-refractivity contribution in [2.45, 2.75) is 17.3 Å². The Hall–Kier alpha value is -1.86. The summed E-state index contributed by atoms with van der Waals surface area (Å²) in [6.45, 7) is 0.177. The molecule has 1 N–H and O–H groups in total. The Labute approximate surface area is 127 Å². The van der Waals surface area contributed by atoms with Crippen LogP contribution in [0, 0.1) is 0 Å². The number of carbonyl (C=O) groups excluding carboxylic acids is 1. The topological polar surface area (TPSA) is 89.3 Å². The van der Waals surface area contributed by atoms with E-state index in [1.165, 1.54) is 24.3 Å². The molecule has 8 heteroatoms. The van der Waals surface area contributed by atoms with Crippen LogP contribution < -0.4 is 5.32 Å². The smallest absolute Gasteiger partial charge is 0.251 e. The lowest BCUT2D eigenvalue weighted by Crippen LogP contribution is -2.22. The van der Waals surface area contributed by atoms with Gasteiger partial charge >= 0.3 is 0 Å². The molecule has 0 atom stereocenters. The summed E-state index contributed by atoms with van der Waals surface area (Å²) in [6, 6.07) is 7.35. The van der Waals surface area contributed by atoms with Gasteiger partial charge in [-0.1, -0.05) is 5.16 Å². The van der Waals surface area contributed by atoms with E-state index in [4.69, 9.17) is 16.1 Å². The summed E-state index contributed by atoms with van der Waals surface area (Å²) in [4.78, 5) is 12.1. The molecule has 0 saturated heterocycles. The van der Waals surface area contributed by atoms with Crippen LogP contribution in [-0.4, -0.2) is 25.7 Å². The third-order valence-corrected chi connectivity index (χ3v) is 4.11. The van der Waals surface area contributed by atoms with Crippen LogP contribution in [0.4, 0.5) is 0 Å².